The summed E-state index contributed by atoms with van der Waals surface area (Å²) in [5.41, 5.74) is 3.12. The minimum absolute atomic E-state index is 0.201. The molecule has 0 aliphatic heterocycles. The maximum Gasteiger partial charge on any atom is 0.299 e. The number of benzene rings is 2. The van der Waals surface area contributed by atoms with Crippen molar-refractivity contribution in [1.82, 2.24) is 4.72 Å². The van der Waals surface area contributed by atoms with Crippen molar-refractivity contribution in [2.75, 3.05) is 4.72 Å². The molecule has 144 valence electrons. The first-order valence-corrected chi connectivity index (χ1v) is 9.98. The fourth-order valence-corrected chi connectivity index (χ4v) is 3.68. The second-order valence-corrected chi connectivity index (χ2v) is 8.10. The molecular weight excluding hydrogens is 364 g/mol. The van der Waals surface area contributed by atoms with Crippen LogP contribution in [0.5, 0.6) is 5.75 Å². The number of carbonyl (C=O) groups excluding carboxylic acids is 1. The number of nitrogens with one attached hydrogen (secondary N) is 2. The molecule has 3 N–H and O–H groups in total. The Labute approximate surface area is 160 Å². The first kappa shape index (κ1) is 20.7. The molecule has 0 amide bonds. The molecule has 0 aromatic heterocycles. The Morgan fingerprint density at radius 3 is 2.15 bits per heavy atom. The van der Waals surface area contributed by atoms with Crippen LogP contribution in [0.1, 0.15) is 40.9 Å². The topological polar surface area (TPSA) is 95.5 Å². The molecule has 0 fully saturated rings. The Morgan fingerprint density at radius 1 is 1.07 bits per heavy atom. The summed E-state index contributed by atoms with van der Waals surface area (Å²) in [7, 11) is -3.64. The van der Waals surface area contributed by atoms with Crippen molar-refractivity contribution in [1.29, 1.82) is 0 Å². The fraction of sp³-hybridized carbons (Fsp3) is 0.250. The zero-order valence-electron chi connectivity index (χ0n) is 15.8. The van der Waals surface area contributed by atoms with Gasteiger partial charge in [0.25, 0.3) is 10.2 Å². The number of phenols is 1. The quantitative estimate of drug-likeness (QED) is 0.499. The number of aromatic hydroxyl groups is 1. The van der Waals surface area contributed by atoms with Crippen LogP contribution < -0.4 is 9.44 Å². The average Bonchev–Trinajstić information content (AvgIpc) is 2.56. The minimum Gasteiger partial charge on any atom is -0.507 e. The largest absolute Gasteiger partial charge is 0.507 e. The zero-order chi connectivity index (χ0) is 20.2. The number of ketones is 1. The fourth-order valence-electron chi connectivity index (χ4n) is 2.55. The van der Waals surface area contributed by atoms with Gasteiger partial charge in [0.2, 0.25) is 0 Å². The molecule has 7 heteroatoms. The second kappa shape index (κ2) is 8.37. The zero-order valence-corrected chi connectivity index (χ0v) is 16.6. The lowest BCUT2D eigenvalue weighted by Crippen LogP contribution is -2.35. The molecule has 0 saturated heterocycles. The molecule has 27 heavy (non-hydrogen) atoms. The Kier molecular flexibility index (Phi) is 6.41. The first-order chi connectivity index (χ1) is 12.6. The molecule has 2 rings (SSSR count). The van der Waals surface area contributed by atoms with Crippen molar-refractivity contribution in [2.45, 2.75) is 33.7 Å². The number of hydrogen-bond acceptors (Lipinski definition) is 4. The molecule has 0 aliphatic rings. The van der Waals surface area contributed by atoms with E-state index in [4.69, 9.17) is 0 Å². The third-order valence-electron chi connectivity index (χ3n) is 3.75. The number of anilines is 1. The van der Waals surface area contributed by atoms with E-state index in [1.807, 2.05) is 0 Å². The highest BCUT2D eigenvalue weighted by Gasteiger charge is 2.11. The van der Waals surface area contributed by atoms with Gasteiger partial charge in [0.15, 0.2) is 5.78 Å². The number of aryl methyl sites for hydroxylation is 2. The summed E-state index contributed by atoms with van der Waals surface area (Å²) in [6.07, 6.45) is 3.13. The van der Waals surface area contributed by atoms with Crippen LogP contribution in [0.25, 0.3) is 6.08 Å². The molecule has 0 atom stereocenters. The monoisotopic (exact) mass is 388 g/mol. The normalized spacial score (nSPS) is 11.9. The van der Waals surface area contributed by atoms with Gasteiger partial charge in [-0.3, -0.25) is 9.52 Å². The molecule has 0 bridgehead atoms. The lowest BCUT2D eigenvalue weighted by Gasteiger charge is -2.11. The number of allylic oxidation sites excluding steroid dienone is 1. The maximum atomic E-state index is 12.3. The van der Waals surface area contributed by atoms with Gasteiger partial charge in [-0.25, -0.2) is 0 Å². The Balaban J connectivity index is 2.09. The number of carbonyl (C=O) groups is 1. The summed E-state index contributed by atoms with van der Waals surface area (Å²) in [6, 6.07) is 9.57. The van der Waals surface area contributed by atoms with Gasteiger partial charge in [0, 0.05) is 17.3 Å². The summed E-state index contributed by atoms with van der Waals surface area (Å²) in [5.74, 6) is 0.0524. The summed E-state index contributed by atoms with van der Waals surface area (Å²) >= 11 is 0. The SMILES string of the molecule is Cc1cc(/C=C/C(=O)c2ccc(NS(=O)(=O)NC(C)C)cc2)cc(C)c1O. The molecule has 2 aromatic carbocycles. The van der Waals surface area contributed by atoms with Crippen molar-refractivity contribution in [3.05, 3.63) is 64.7 Å². The van der Waals surface area contributed by atoms with Crippen LogP contribution in [0.15, 0.2) is 42.5 Å². The van der Waals surface area contributed by atoms with Gasteiger partial charge in [0.1, 0.15) is 5.75 Å². The van der Waals surface area contributed by atoms with E-state index in [0.29, 0.717) is 11.3 Å². The van der Waals surface area contributed by atoms with Crippen LogP contribution in [-0.2, 0) is 10.2 Å². The van der Waals surface area contributed by atoms with Crippen molar-refractivity contribution in [3.8, 4) is 5.75 Å². The van der Waals surface area contributed by atoms with E-state index < -0.39 is 10.2 Å². The molecule has 6 nitrogen and oxygen atoms in total. The Morgan fingerprint density at radius 2 is 1.63 bits per heavy atom. The first-order valence-electron chi connectivity index (χ1n) is 8.50. The van der Waals surface area contributed by atoms with Crippen LogP contribution in [-0.4, -0.2) is 25.3 Å². The van der Waals surface area contributed by atoms with Crippen molar-refractivity contribution in [3.63, 3.8) is 0 Å². The highest BCUT2D eigenvalue weighted by Crippen LogP contribution is 2.23. The van der Waals surface area contributed by atoms with E-state index in [9.17, 15) is 18.3 Å². The summed E-state index contributed by atoms with van der Waals surface area (Å²) in [6.45, 7) is 7.06. The van der Waals surface area contributed by atoms with Gasteiger partial charge in [-0.05, 0) is 86.9 Å². The van der Waals surface area contributed by atoms with Crippen molar-refractivity contribution >= 4 is 27.8 Å². The third kappa shape index (κ3) is 5.94. The van der Waals surface area contributed by atoms with E-state index in [1.54, 1.807) is 58.0 Å². The number of rotatable bonds is 7. The Hall–Kier alpha value is -2.64. The van der Waals surface area contributed by atoms with Crippen LogP contribution in [0.4, 0.5) is 5.69 Å². The van der Waals surface area contributed by atoms with Gasteiger partial charge in [-0.2, -0.15) is 13.1 Å². The summed E-state index contributed by atoms with van der Waals surface area (Å²) in [4.78, 5) is 12.3. The van der Waals surface area contributed by atoms with Crippen LogP contribution in [0.2, 0.25) is 0 Å². The lowest BCUT2D eigenvalue weighted by atomic mass is 10.0. The molecule has 0 saturated carbocycles. The Bertz CT molecular complexity index is 939. The molecular formula is C20H24N2O4S. The number of hydrogen-bond donors (Lipinski definition) is 3. The van der Waals surface area contributed by atoms with Crippen LogP contribution in [0, 0.1) is 13.8 Å². The predicted octanol–water partition coefficient (Wildman–Crippen LogP) is 3.56. The van der Waals surface area contributed by atoms with Gasteiger partial charge in [0.05, 0.1) is 0 Å². The van der Waals surface area contributed by atoms with E-state index in [0.717, 1.165) is 16.7 Å². The van der Waals surface area contributed by atoms with E-state index in [-0.39, 0.29) is 17.6 Å². The maximum absolute atomic E-state index is 12.3. The van der Waals surface area contributed by atoms with E-state index in [2.05, 4.69) is 9.44 Å². The van der Waals surface area contributed by atoms with Gasteiger partial charge >= 0.3 is 0 Å². The molecule has 0 unspecified atom stereocenters. The predicted molar refractivity (Wildman–Crippen MR) is 108 cm³/mol. The van der Waals surface area contributed by atoms with Gasteiger partial charge in [-0.15, -0.1) is 0 Å². The van der Waals surface area contributed by atoms with Crippen LogP contribution in [0.3, 0.4) is 0 Å². The second-order valence-electron chi connectivity index (χ2n) is 6.66. The van der Waals surface area contributed by atoms with Gasteiger partial charge < -0.3 is 5.11 Å². The number of phenolic OH excluding ortho intramolecular Hbond substituents is 1. The average molecular weight is 388 g/mol. The van der Waals surface area contributed by atoms with Crippen LogP contribution >= 0.6 is 0 Å². The smallest absolute Gasteiger partial charge is 0.299 e. The third-order valence-corrected chi connectivity index (χ3v) is 5.04. The molecule has 2 aromatic rings. The molecule has 0 aliphatic carbocycles. The standard InChI is InChI=1S/C20H24N2O4S/c1-13(2)21-27(25,26)22-18-8-6-17(7-9-18)19(23)10-5-16-11-14(3)20(24)15(4)12-16/h5-13,21-22,24H,1-4H3/b10-5+. The molecule has 0 heterocycles. The van der Waals surface area contributed by atoms with E-state index >= 15 is 0 Å². The summed E-state index contributed by atoms with van der Waals surface area (Å²) in [5, 5.41) is 9.80. The lowest BCUT2D eigenvalue weighted by molar-refractivity contribution is 0.104. The minimum atomic E-state index is -3.64. The summed E-state index contributed by atoms with van der Waals surface area (Å²) < 4.78 is 28.5. The van der Waals surface area contributed by atoms with Crippen molar-refractivity contribution in [2.24, 2.45) is 0 Å². The van der Waals surface area contributed by atoms with Gasteiger partial charge in [-0.1, -0.05) is 6.08 Å². The molecule has 0 radical (unpaired) electrons. The highest BCUT2D eigenvalue weighted by atomic mass is 32.2. The van der Waals surface area contributed by atoms with E-state index in [1.165, 1.54) is 18.2 Å². The van der Waals surface area contributed by atoms with Crippen molar-refractivity contribution < 1.29 is 18.3 Å². The molecule has 0 spiro atoms. The highest BCUT2D eigenvalue weighted by molar-refractivity contribution is 7.90.